The number of hydrogen-bond acceptors (Lipinski definition) is 3. The van der Waals surface area contributed by atoms with E-state index in [1.54, 1.807) is 12.1 Å². The van der Waals surface area contributed by atoms with Crippen molar-refractivity contribution in [3.8, 4) is 5.75 Å². The van der Waals surface area contributed by atoms with E-state index in [2.05, 4.69) is 5.10 Å². The summed E-state index contributed by atoms with van der Waals surface area (Å²) < 4.78 is 34.3. The number of benzene rings is 2. The number of para-hydroxylation sites is 1. The zero-order valence-corrected chi connectivity index (χ0v) is 13.7. The maximum Gasteiger partial charge on any atom is 0.276 e. The summed E-state index contributed by atoms with van der Waals surface area (Å²) in [6, 6.07) is 16.1. The molecule has 1 atom stereocenters. The Bertz CT molecular complexity index is 926. The molecule has 0 bridgehead atoms. The highest BCUT2D eigenvalue weighted by molar-refractivity contribution is 6.05. The topological polar surface area (TPSA) is 47.4 Å². The molecule has 0 spiro atoms. The van der Waals surface area contributed by atoms with Gasteiger partial charge in [0.25, 0.3) is 5.91 Å². The SMILES string of the molecule is O=C1c2cc(COc3ccccc3)nn2C(F)CN1c1ccc(F)cc1. The van der Waals surface area contributed by atoms with Gasteiger partial charge >= 0.3 is 0 Å². The Labute approximate surface area is 148 Å². The lowest BCUT2D eigenvalue weighted by Gasteiger charge is -2.29. The molecule has 0 saturated carbocycles. The molecule has 0 saturated heterocycles. The van der Waals surface area contributed by atoms with E-state index in [4.69, 9.17) is 4.74 Å². The molecule has 3 aromatic rings. The number of carbonyl (C=O) groups is 1. The molecule has 1 aliphatic rings. The Morgan fingerprint density at radius 1 is 1.12 bits per heavy atom. The molecule has 4 rings (SSSR count). The molecule has 0 N–H and O–H groups in total. The van der Waals surface area contributed by atoms with Gasteiger partial charge in [0.15, 0.2) is 0 Å². The second kappa shape index (κ2) is 6.59. The van der Waals surface area contributed by atoms with Crippen molar-refractivity contribution in [3.05, 3.63) is 77.9 Å². The van der Waals surface area contributed by atoms with E-state index in [9.17, 15) is 13.6 Å². The molecule has 1 aromatic heterocycles. The lowest BCUT2D eigenvalue weighted by atomic mass is 10.2. The van der Waals surface area contributed by atoms with Crippen LogP contribution in [0.25, 0.3) is 0 Å². The fourth-order valence-corrected chi connectivity index (χ4v) is 2.86. The summed E-state index contributed by atoms with van der Waals surface area (Å²) in [5.41, 5.74) is 1.04. The number of amides is 1. The van der Waals surface area contributed by atoms with Gasteiger partial charge < -0.3 is 9.64 Å². The first-order chi connectivity index (χ1) is 12.6. The average Bonchev–Trinajstić information content (AvgIpc) is 3.10. The van der Waals surface area contributed by atoms with Crippen LogP contribution in [0.2, 0.25) is 0 Å². The highest BCUT2D eigenvalue weighted by Crippen LogP contribution is 2.28. The predicted molar refractivity (Wildman–Crippen MR) is 91.2 cm³/mol. The standard InChI is InChI=1S/C19H15F2N3O2/c20-13-6-8-15(9-7-13)23-11-18(21)24-17(19(23)25)10-14(22-24)12-26-16-4-2-1-3-5-16/h1-10,18H,11-12H2. The summed E-state index contributed by atoms with van der Waals surface area (Å²) in [7, 11) is 0. The summed E-state index contributed by atoms with van der Waals surface area (Å²) in [4.78, 5) is 14.0. The lowest BCUT2D eigenvalue weighted by Crippen LogP contribution is -2.42. The first kappa shape index (κ1) is 16.3. The van der Waals surface area contributed by atoms with Crippen molar-refractivity contribution in [2.24, 2.45) is 0 Å². The summed E-state index contributed by atoms with van der Waals surface area (Å²) >= 11 is 0. The highest BCUT2D eigenvalue weighted by Gasteiger charge is 2.33. The van der Waals surface area contributed by atoms with E-state index in [0.717, 1.165) is 4.68 Å². The molecule has 5 nitrogen and oxygen atoms in total. The maximum absolute atomic E-state index is 14.5. The van der Waals surface area contributed by atoms with E-state index in [0.29, 0.717) is 17.1 Å². The van der Waals surface area contributed by atoms with Crippen LogP contribution in [0, 0.1) is 5.82 Å². The first-order valence-electron chi connectivity index (χ1n) is 8.09. The number of aromatic nitrogens is 2. The van der Waals surface area contributed by atoms with Crippen LogP contribution in [-0.2, 0) is 6.61 Å². The molecular formula is C19H15F2N3O2. The number of carbonyl (C=O) groups excluding carboxylic acids is 1. The summed E-state index contributed by atoms with van der Waals surface area (Å²) in [6.07, 6.45) is -1.49. The minimum Gasteiger partial charge on any atom is -0.487 e. The first-order valence-corrected chi connectivity index (χ1v) is 8.09. The van der Waals surface area contributed by atoms with Crippen molar-refractivity contribution in [2.75, 3.05) is 11.4 Å². The Morgan fingerprint density at radius 2 is 1.85 bits per heavy atom. The van der Waals surface area contributed by atoms with E-state index in [1.165, 1.54) is 35.2 Å². The van der Waals surface area contributed by atoms with Crippen molar-refractivity contribution in [2.45, 2.75) is 12.9 Å². The number of anilines is 1. The van der Waals surface area contributed by atoms with E-state index in [1.807, 2.05) is 18.2 Å². The van der Waals surface area contributed by atoms with Crippen LogP contribution in [0.5, 0.6) is 5.75 Å². The van der Waals surface area contributed by atoms with Crippen LogP contribution in [0.4, 0.5) is 14.5 Å². The zero-order chi connectivity index (χ0) is 18.1. The summed E-state index contributed by atoms with van der Waals surface area (Å²) in [5.74, 6) is -0.140. The Kier molecular flexibility index (Phi) is 4.12. The van der Waals surface area contributed by atoms with Crippen molar-refractivity contribution >= 4 is 11.6 Å². The molecule has 1 unspecified atom stereocenters. The number of hydrogen-bond donors (Lipinski definition) is 0. The number of ether oxygens (including phenoxy) is 1. The van der Waals surface area contributed by atoms with Gasteiger partial charge in [0, 0.05) is 5.69 Å². The Morgan fingerprint density at radius 3 is 2.58 bits per heavy atom. The van der Waals surface area contributed by atoms with Gasteiger partial charge in [0.1, 0.15) is 29.6 Å². The lowest BCUT2D eigenvalue weighted by molar-refractivity contribution is 0.0903. The average molecular weight is 355 g/mol. The highest BCUT2D eigenvalue weighted by atomic mass is 19.1. The minimum atomic E-state index is -1.49. The molecule has 0 radical (unpaired) electrons. The molecule has 1 aliphatic heterocycles. The maximum atomic E-state index is 14.5. The third kappa shape index (κ3) is 3.03. The van der Waals surface area contributed by atoms with Crippen LogP contribution in [0.15, 0.2) is 60.7 Å². The van der Waals surface area contributed by atoms with Gasteiger partial charge in [-0.1, -0.05) is 18.2 Å². The molecule has 1 amide bonds. The minimum absolute atomic E-state index is 0.126. The van der Waals surface area contributed by atoms with Crippen molar-refractivity contribution in [3.63, 3.8) is 0 Å². The number of alkyl halides is 1. The van der Waals surface area contributed by atoms with Crippen molar-refractivity contribution in [1.29, 1.82) is 0 Å². The molecule has 0 fully saturated rings. The number of halogens is 2. The van der Waals surface area contributed by atoms with Gasteiger partial charge in [-0.25, -0.2) is 13.5 Å². The third-order valence-electron chi connectivity index (χ3n) is 4.12. The molecule has 26 heavy (non-hydrogen) atoms. The Hall–Kier alpha value is -3.22. The quantitative estimate of drug-likeness (QED) is 0.716. The van der Waals surface area contributed by atoms with Crippen LogP contribution in [-0.4, -0.2) is 22.2 Å². The van der Waals surface area contributed by atoms with Crippen LogP contribution < -0.4 is 9.64 Å². The van der Waals surface area contributed by atoms with Gasteiger partial charge in [-0.15, -0.1) is 0 Å². The molecule has 7 heteroatoms. The molecule has 0 aliphatic carbocycles. The van der Waals surface area contributed by atoms with Crippen LogP contribution in [0.1, 0.15) is 22.5 Å². The number of fused-ring (bicyclic) bond motifs is 1. The zero-order valence-electron chi connectivity index (χ0n) is 13.7. The van der Waals surface area contributed by atoms with E-state index >= 15 is 0 Å². The van der Waals surface area contributed by atoms with Gasteiger partial charge in [-0.3, -0.25) is 4.79 Å². The van der Waals surface area contributed by atoms with E-state index < -0.39 is 12.1 Å². The second-order valence-electron chi connectivity index (χ2n) is 5.89. The normalized spacial score (nSPS) is 16.5. The molecular weight excluding hydrogens is 340 g/mol. The van der Waals surface area contributed by atoms with Crippen molar-refractivity contribution in [1.82, 2.24) is 9.78 Å². The largest absolute Gasteiger partial charge is 0.487 e. The number of rotatable bonds is 4. The van der Waals surface area contributed by atoms with E-state index in [-0.39, 0.29) is 24.8 Å². The van der Waals surface area contributed by atoms with Crippen LogP contribution >= 0.6 is 0 Å². The summed E-state index contributed by atoms with van der Waals surface area (Å²) in [5, 5.41) is 4.15. The second-order valence-corrected chi connectivity index (χ2v) is 5.89. The van der Waals surface area contributed by atoms with Gasteiger partial charge in [-0.05, 0) is 42.5 Å². The third-order valence-corrected chi connectivity index (χ3v) is 4.12. The fraction of sp³-hybridized carbons (Fsp3) is 0.158. The van der Waals surface area contributed by atoms with Crippen molar-refractivity contribution < 1.29 is 18.3 Å². The van der Waals surface area contributed by atoms with Gasteiger partial charge in [0.2, 0.25) is 6.30 Å². The number of nitrogens with zero attached hydrogens (tertiary/aromatic N) is 3. The van der Waals surface area contributed by atoms with Gasteiger partial charge in [-0.2, -0.15) is 5.10 Å². The summed E-state index contributed by atoms with van der Waals surface area (Å²) in [6.45, 7) is -0.0569. The molecule has 2 heterocycles. The monoisotopic (exact) mass is 355 g/mol. The predicted octanol–water partition coefficient (Wildman–Crippen LogP) is 3.73. The Balaban J connectivity index is 1.56. The van der Waals surface area contributed by atoms with Gasteiger partial charge in [0.05, 0.1) is 6.54 Å². The molecule has 2 aromatic carbocycles. The van der Waals surface area contributed by atoms with Crippen LogP contribution in [0.3, 0.4) is 0 Å². The fourth-order valence-electron chi connectivity index (χ4n) is 2.86. The molecule has 132 valence electrons. The smallest absolute Gasteiger partial charge is 0.276 e.